The zero-order valence-corrected chi connectivity index (χ0v) is 16.3. The van der Waals surface area contributed by atoms with Gasteiger partial charge in [0.2, 0.25) is 0 Å². The molecule has 0 aliphatic carbocycles. The van der Waals surface area contributed by atoms with Gasteiger partial charge in [-0.3, -0.25) is 10.0 Å². The third kappa shape index (κ3) is 4.03. The minimum Gasteiger partial charge on any atom is -0.338 e. The van der Waals surface area contributed by atoms with Crippen LogP contribution in [0.3, 0.4) is 0 Å². The Labute approximate surface area is 168 Å². The van der Waals surface area contributed by atoms with Crippen LogP contribution < -0.4 is 5.48 Å². The molecule has 6 heteroatoms. The lowest BCUT2D eigenvalue weighted by atomic mass is 10.0. The van der Waals surface area contributed by atoms with Crippen LogP contribution in [0.1, 0.15) is 15.9 Å². The minimum atomic E-state index is -0.552. The molecule has 29 heavy (non-hydrogen) atoms. The number of nitrogens with one attached hydrogen (secondary N) is 2. The summed E-state index contributed by atoms with van der Waals surface area (Å²) in [5.74, 6) is 0.179. The quantitative estimate of drug-likeness (QED) is 0.357. The first-order valence-electron chi connectivity index (χ1n) is 9.32. The van der Waals surface area contributed by atoms with E-state index in [-0.39, 0.29) is 0 Å². The minimum absolute atomic E-state index is 0.364. The maximum Gasteiger partial charge on any atom is 0.274 e. The molecule has 1 aromatic heterocycles. The lowest BCUT2D eigenvalue weighted by molar-refractivity contribution is 0.0706. The first-order valence-corrected chi connectivity index (χ1v) is 9.32. The second-order valence-electron chi connectivity index (χ2n) is 7.27. The molecule has 0 unspecified atom stereocenters. The lowest BCUT2D eigenvalue weighted by Gasteiger charge is -2.10. The van der Waals surface area contributed by atoms with E-state index >= 15 is 0 Å². The Bertz CT molecular complexity index is 1150. The number of hydrogen-bond donors (Lipinski definition) is 3. The Balaban J connectivity index is 1.58. The van der Waals surface area contributed by atoms with Crippen molar-refractivity contribution in [2.75, 3.05) is 14.1 Å². The molecule has 0 aliphatic heterocycles. The Morgan fingerprint density at radius 3 is 2.21 bits per heavy atom. The summed E-state index contributed by atoms with van der Waals surface area (Å²) < 4.78 is 0. The highest BCUT2D eigenvalue weighted by Crippen LogP contribution is 2.26. The fourth-order valence-corrected chi connectivity index (χ4v) is 3.34. The topological polar surface area (TPSA) is 81.2 Å². The summed E-state index contributed by atoms with van der Waals surface area (Å²) in [6.45, 7) is 0.924. The van der Waals surface area contributed by atoms with Crippen molar-refractivity contribution in [2.24, 2.45) is 0 Å². The van der Waals surface area contributed by atoms with Gasteiger partial charge in [0.05, 0.1) is 11.0 Å². The predicted molar refractivity (Wildman–Crippen MR) is 114 cm³/mol. The van der Waals surface area contributed by atoms with Crippen molar-refractivity contribution in [1.82, 2.24) is 20.3 Å². The molecule has 0 spiro atoms. The van der Waals surface area contributed by atoms with Crippen LogP contribution >= 0.6 is 0 Å². The molecule has 1 heterocycles. The highest BCUT2D eigenvalue weighted by Gasteiger charge is 2.10. The third-order valence-electron chi connectivity index (χ3n) is 4.79. The number of nitrogens with zero attached hydrogens (tertiary/aromatic N) is 2. The van der Waals surface area contributed by atoms with Gasteiger partial charge in [-0.1, -0.05) is 48.5 Å². The van der Waals surface area contributed by atoms with Crippen molar-refractivity contribution in [3.05, 3.63) is 77.9 Å². The van der Waals surface area contributed by atoms with Crippen LogP contribution in [0.5, 0.6) is 0 Å². The van der Waals surface area contributed by atoms with E-state index in [2.05, 4.69) is 65.4 Å². The van der Waals surface area contributed by atoms with Gasteiger partial charge < -0.3 is 9.88 Å². The Kier molecular flexibility index (Phi) is 5.12. The number of aromatic nitrogens is 2. The van der Waals surface area contributed by atoms with Gasteiger partial charge in [0, 0.05) is 17.7 Å². The van der Waals surface area contributed by atoms with Crippen LogP contribution in [0.4, 0.5) is 0 Å². The summed E-state index contributed by atoms with van der Waals surface area (Å²) in [4.78, 5) is 21.6. The van der Waals surface area contributed by atoms with Crippen molar-refractivity contribution in [2.45, 2.75) is 6.54 Å². The number of carbonyl (C=O) groups excluding carboxylic acids is 1. The molecule has 3 N–H and O–H groups in total. The Hall–Kier alpha value is -3.48. The zero-order chi connectivity index (χ0) is 20.4. The molecule has 0 aliphatic rings. The van der Waals surface area contributed by atoms with Gasteiger partial charge in [-0.25, -0.2) is 10.5 Å². The van der Waals surface area contributed by atoms with Gasteiger partial charge in [0.1, 0.15) is 5.82 Å². The molecule has 0 saturated carbocycles. The number of hydroxylamine groups is 1. The summed E-state index contributed by atoms with van der Waals surface area (Å²) in [5, 5.41) is 8.79. The average Bonchev–Trinajstić information content (AvgIpc) is 3.17. The predicted octanol–water partition coefficient (Wildman–Crippen LogP) is 4.08. The SMILES string of the molecule is CN(C)Cc1ccc(-c2ccc(-c3nc4ccc(C(=O)NO)cc4[nH]3)cc2)cc1. The second kappa shape index (κ2) is 7.87. The summed E-state index contributed by atoms with van der Waals surface area (Å²) in [6, 6.07) is 21.9. The van der Waals surface area contributed by atoms with Crippen LogP contribution in [0.25, 0.3) is 33.5 Å². The van der Waals surface area contributed by atoms with Crippen LogP contribution in [0.2, 0.25) is 0 Å². The highest BCUT2D eigenvalue weighted by atomic mass is 16.5. The van der Waals surface area contributed by atoms with Crippen molar-refractivity contribution in [3.8, 4) is 22.5 Å². The maximum atomic E-state index is 11.6. The van der Waals surface area contributed by atoms with Crippen molar-refractivity contribution < 1.29 is 10.0 Å². The number of imidazole rings is 1. The van der Waals surface area contributed by atoms with Gasteiger partial charge in [-0.15, -0.1) is 0 Å². The molecular formula is C23H22N4O2. The fourth-order valence-electron chi connectivity index (χ4n) is 3.34. The van der Waals surface area contributed by atoms with E-state index in [1.165, 1.54) is 11.1 Å². The van der Waals surface area contributed by atoms with E-state index in [1.807, 2.05) is 12.1 Å². The van der Waals surface area contributed by atoms with Crippen LogP contribution in [0, 0.1) is 0 Å². The van der Waals surface area contributed by atoms with Gasteiger partial charge in [-0.05, 0) is 49.0 Å². The third-order valence-corrected chi connectivity index (χ3v) is 4.79. The number of aromatic amines is 1. The van der Waals surface area contributed by atoms with E-state index in [0.29, 0.717) is 5.56 Å². The molecule has 1 amide bonds. The molecule has 0 radical (unpaired) electrons. The normalized spacial score (nSPS) is 11.2. The smallest absolute Gasteiger partial charge is 0.274 e. The first kappa shape index (κ1) is 18.9. The van der Waals surface area contributed by atoms with Crippen LogP contribution in [-0.4, -0.2) is 40.1 Å². The highest BCUT2D eigenvalue weighted by molar-refractivity contribution is 5.97. The molecule has 4 rings (SSSR count). The van der Waals surface area contributed by atoms with E-state index in [4.69, 9.17) is 5.21 Å². The fraction of sp³-hybridized carbons (Fsp3) is 0.130. The number of hydrogen-bond acceptors (Lipinski definition) is 4. The standard InChI is InChI=1S/C23H22N4O2/c1-27(2)14-15-3-5-16(6-4-15)17-7-9-18(10-8-17)22-24-20-12-11-19(23(28)26-29)13-21(20)25-22/h3-13,29H,14H2,1-2H3,(H,24,25)(H,26,28). The Morgan fingerprint density at radius 2 is 1.59 bits per heavy atom. The van der Waals surface area contributed by atoms with E-state index in [9.17, 15) is 4.79 Å². The van der Waals surface area contributed by atoms with Crippen LogP contribution in [-0.2, 0) is 6.54 Å². The second-order valence-corrected chi connectivity index (χ2v) is 7.27. The average molecular weight is 386 g/mol. The molecule has 4 aromatic rings. The molecule has 0 bridgehead atoms. The van der Waals surface area contributed by atoms with Gasteiger partial charge in [0.15, 0.2) is 0 Å². The van der Waals surface area contributed by atoms with Crippen molar-refractivity contribution in [1.29, 1.82) is 0 Å². The summed E-state index contributed by atoms with van der Waals surface area (Å²) in [5.41, 5.74) is 8.06. The Morgan fingerprint density at radius 1 is 0.966 bits per heavy atom. The first-order chi connectivity index (χ1) is 14.0. The molecule has 0 saturated heterocycles. The molecule has 3 aromatic carbocycles. The van der Waals surface area contributed by atoms with Crippen molar-refractivity contribution >= 4 is 16.9 Å². The van der Waals surface area contributed by atoms with E-state index < -0.39 is 5.91 Å². The largest absolute Gasteiger partial charge is 0.338 e. The number of fused-ring (bicyclic) bond motifs is 1. The van der Waals surface area contributed by atoms with E-state index in [0.717, 1.165) is 34.5 Å². The maximum absolute atomic E-state index is 11.6. The van der Waals surface area contributed by atoms with Gasteiger partial charge in [-0.2, -0.15) is 0 Å². The van der Waals surface area contributed by atoms with Crippen LogP contribution in [0.15, 0.2) is 66.7 Å². The number of H-pyrrole nitrogens is 1. The summed E-state index contributed by atoms with van der Waals surface area (Å²) in [6.07, 6.45) is 0. The zero-order valence-electron chi connectivity index (χ0n) is 16.3. The lowest BCUT2D eigenvalue weighted by Crippen LogP contribution is -2.18. The number of benzene rings is 3. The molecule has 146 valence electrons. The van der Waals surface area contributed by atoms with Gasteiger partial charge >= 0.3 is 0 Å². The van der Waals surface area contributed by atoms with Crippen molar-refractivity contribution in [3.63, 3.8) is 0 Å². The van der Waals surface area contributed by atoms with Gasteiger partial charge in [0.25, 0.3) is 5.91 Å². The number of carbonyl (C=O) groups is 1. The number of rotatable bonds is 5. The molecule has 0 fully saturated rings. The monoisotopic (exact) mass is 386 g/mol. The summed E-state index contributed by atoms with van der Waals surface area (Å²) in [7, 11) is 4.12. The van der Waals surface area contributed by atoms with E-state index in [1.54, 1.807) is 23.7 Å². The molecule has 0 atom stereocenters. The number of amides is 1. The molecule has 6 nitrogen and oxygen atoms in total. The molecular weight excluding hydrogens is 364 g/mol. The summed E-state index contributed by atoms with van der Waals surface area (Å²) >= 11 is 0.